The third-order valence-electron chi connectivity index (χ3n) is 4.21. The van der Waals surface area contributed by atoms with Crippen LogP contribution in [0.15, 0.2) is 24.3 Å². The molecule has 0 bridgehead atoms. The van der Waals surface area contributed by atoms with Gasteiger partial charge >= 0.3 is 0 Å². The quantitative estimate of drug-likeness (QED) is 0.819. The van der Waals surface area contributed by atoms with Crippen LogP contribution in [0.25, 0.3) is 0 Å². The van der Waals surface area contributed by atoms with Crippen molar-refractivity contribution in [1.29, 1.82) is 0 Å². The molecule has 0 saturated carbocycles. The van der Waals surface area contributed by atoms with E-state index in [1.807, 2.05) is 36.1 Å². The molecule has 1 aliphatic rings. The molecule has 0 spiro atoms. The zero-order valence-electron chi connectivity index (χ0n) is 12.9. The number of likely N-dealkylation sites (tertiary alicyclic amines) is 1. The van der Waals surface area contributed by atoms with Crippen LogP contribution in [0.1, 0.15) is 31.7 Å². The van der Waals surface area contributed by atoms with Crippen LogP contribution in [-0.4, -0.2) is 41.7 Å². The van der Waals surface area contributed by atoms with Gasteiger partial charge in [0.2, 0.25) is 5.91 Å². The molecule has 0 aliphatic carbocycles. The molecule has 1 aromatic carbocycles. The molecule has 1 saturated heterocycles. The number of hydrogen-bond donors (Lipinski definition) is 1. The summed E-state index contributed by atoms with van der Waals surface area (Å²) in [6.07, 6.45) is 2.17. The fraction of sp³-hybridized carbons (Fsp3) is 0.588. The molecule has 0 radical (unpaired) electrons. The number of aryl methyl sites for hydroxylation is 1. The number of aliphatic hydroxyl groups is 1. The first kappa shape index (κ1) is 15.8. The highest BCUT2D eigenvalue weighted by Crippen LogP contribution is 2.24. The van der Waals surface area contributed by atoms with Gasteiger partial charge in [-0.1, -0.05) is 24.6 Å². The maximum absolute atomic E-state index is 12.2. The number of rotatable bonds is 6. The fourth-order valence-corrected chi connectivity index (χ4v) is 2.79. The Morgan fingerprint density at radius 2 is 2.10 bits per heavy atom. The second-order valence-corrected chi connectivity index (χ2v) is 5.87. The Labute approximate surface area is 126 Å². The van der Waals surface area contributed by atoms with Crippen molar-refractivity contribution in [2.75, 3.05) is 19.8 Å². The summed E-state index contributed by atoms with van der Waals surface area (Å²) >= 11 is 0. The Morgan fingerprint density at radius 3 is 2.76 bits per heavy atom. The van der Waals surface area contributed by atoms with Gasteiger partial charge in [0.1, 0.15) is 5.75 Å². The van der Waals surface area contributed by atoms with Crippen LogP contribution in [0.4, 0.5) is 0 Å². The molecular formula is C17H25NO3. The van der Waals surface area contributed by atoms with E-state index in [9.17, 15) is 9.90 Å². The first-order chi connectivity index (χ1) is 10.1. The zero-order chi connectivity index (χ0) is 15.2. The highest BCUT2D eigenvalue weighted by atomic mass is 16.5. The first-order valence-corrected chi connectivity index (χ1v) is 7.71. The Balaban J connectivity index is 1.71. The minimum Gasteiger partial charge on any atom is -0.494 e. The largest absolute Gasteiger partial charge is 0.494 e. The molecule has 1 heterocycles. The van der Waals surface area contributed by atoms with Crippen LogP contribution >= 0.6 is 0 Å². The van der Waals surface area contributed by atoms with Crippen LogP contribution in [0.5, 0.6) is 5.75 Å². The van der Waals surface area contributed by atoms with E-state index < -0.39 is 0 Å². The van der Waals surface area contributed by atoms with Gasteiger partial charge < -0.3 is 14.7 Å². The minimum atomic E-state index is -0.00415. The summed E-state index contributed by atoms with van der Waals surface area (Å²) in [5.41, 5.74) is 1.20. The van der Waals surface area contributed by atoms with Gasteiger partial charge in [0.15, 0.2) is 0 Å². The Morgan fingerprint density at radius 1 is 1.38 bits per heavy atom. The van der Waals surface area contributed by atoms with Gasteiger partial charge in [-0.3, -0.25) is 4.79 Å². The van der Waals surface area contributed by atoms with Crippen molar-refractivity contribution in [3.05, 3.63) is 29.8 Å². The number of carbonyl (C=O) groups is 1. The van der Waals surface area contributed by atoms with Gasteiger partial charge in [0.05, 0.1) is 19.3 Å². The number of carbonyl (C=O) groups excluding carboxylic acids is 1. The molecule has 4 nitrogen and oxygen atoms in total. The predicted octanol–water partition coefficient (Wildman–Crippen LogP) is 2.38. The molecule has 116 valence electrons. The Hall–Kier alpha value is -1.55. The number of amides is 1. The SMILES string of the molecule is Cc1ccc(OCCCC(=O)N2CCC(C)C2CO)cc1. The third kappa shape index (κ3) is 4.21. The maximum atomic E-state index is 12.2. The van der Waals surface area contributed by atoms with Gasteiger partial charge in [-0.05, 0) is 37.8 Å². The summed E-state index contributed by atoms with van der Waals surface area (Å²) in [7, 11) is 0. The maximum Gasteiger partial charge on any atom is 0.223 e. The van der Waals surface area contributed by atoms with Crippen molar-refractivity contribution in [1.82, 2.24) is 4.90 Å². The molecule has 2 unspecified atom stereocenters. The summed E-state index contributed by atoms with van der Waals surface area (Å²) in [5, 5.41) is 9.38. The van der Waals surface area contributed by atoms with E-state index in [0.717, 1.165) is 18.7 Å². The third-order valence-corrected chi connectivity index (χ3v) is 4.21. The number of ether oxygens (including phenoxy) is 1. The Kier molecular flexibility index (Phi) is 5.62. The van der Waals surface area contributed by atoms with Gasteiger partial charge in [0, 0.05) is 13.0 Å². The molecule has 1 aromatic rings. The summed E-state index contributed by atoms with van der Waals surface area (Å²) in [6, 6.07) is 7.91. The van der Waals surface area contributed by atoms with E-state index >= 15 is 0 Å². The number of hydrogen-bond acceptors (Lipinski definition) is 3. The van der Waals surface area contributed by atoms with E-state index in [2.05, 4.69) is 6.92 Å². The standard InChI is InChI=1S/C17H25NO3/c1-13-5-7-15(8-6-13)21-11-3-4-17(20)18-10-9-14(2)16(18)12-19/h5-8,14,16,19H,3-4,9-12H2,1-2H3. The molecule has 0 aromatic heterocycles. The second kappa shape index (κ2) is 7.46. The minimum absolute atomic E-state index is 0.00415. The highest BCUT2D eigenvalue weighted by molar-refractivity contribution is 5.76. The van der Waals surface area contributed by atoms with Gasteiger partial charge in [0.25, 0.3) is 0 Å². The van der Waals surface area contributed by atoms with E-state index in [4.69, 9.17) is 4.74 Å². The molecule has 1 amide bonds. The zero-order valence-corrected chi connectivity index (χ0v) is 12.9. The summed E-state index contributed by atoms with van der Waals surface area (Å²) in [5.74, 6) is 1.37. The van der Waals surface area contributed by atoms with Crippen LogP contribution < -0.4 is 4.74 Å². The van der Waals surface area contributed by atoms with Crippen LogP contribution in [0, 0.1) is 12.8 Å². The highest BCUT2D eigenvalue weighted by Gasteiger charge is 2.33. The first-order valence-electron chi connectivity index (χ1n) is 7.71. The lowest BCUT2D eigenvalue weighted by Crippen LogP contribution is -2.39. The van der Waals surface area contributed by atoms with Crippen LogP contribution in [0.2, 0.25) is 0 Å². The lowest BCUT2D eigenvalue weighted by Gasteiger charge is -2.25. The van der Waals surface area contributed by atoms with Crippen molar-refractivity contribution in [2.45, 2.75) is 39.2 Å². The number of nitrogens with zero attached hydrogens (tertiary/aromatic N) is 1. The average Bonchev–Trinajstić information content (AvgIpc) is 2.86. The molecule has 1 fully saturated rings. The smallest absolute Gasteiger partial charge is 0.223 e. The molecule has 2 atom stereocenters. The molecule has 4 heteroatoms. The topological polar surface area (TPSA) is 49.8 Å². The lowest BCUT2D eigenvalue weighted by molar-refractivity contribution is -0.133. The molecule has 21 heavy (non-hydrogen) atoms. The number of aliphatic hydroxyl groups excluding tert-OH is 1. The normalized spacial score (nSPS) is 21.6. The molecule has 1 aliphatic heterocycles. The monoisotopic (exact) mass is 291 g/mol. The van der Waals surface area contributed by atoms with Crippen molar-refractivity contribution in [2.24, 2.45) is 5.92 Å². The van der Waals surface area contributed by atoms with E-state index in [1.54, 1.807) is 0 Å². The summed E-state index contributed by atoms with van der Waals surface area (Å²) in [4.78, 5) is 14.0. The summed E-state index contributed by atoms with van der Waals surface area (Å²) in [6.45, 7) is 5.50. The van der Waals surface area contributed by atoms with Gasteiger partial charge in [-0.15, -0.1) is 0 Å². The average molecular weight is 291 g/mol. The fourth-order valence-electron chi connectivity index (χ4n) is 2.79. The number of benzene rings is 1. The van der Waals surface area contributed by atoms with Gasteiger partial charge in [-0.25, -0.2) is 0 Å². The van der Waals surface area contributed by atoms with Crippen LogP contribution in [0.3, 0.4) is 0 Å². The van der Waals surface area contributed by atoms with Crippen molar-refractivity contribution in [3.63, 3.8) is 0 Å². The Bertz CT molecular complexity index is 458. The van der Waals surface area contributed by atoms with Crippen LogP contribution in [-0.2, 0) is 4.79 Å². The second-order valence-electron chi connectivity index (χ2n) is 5.87. The predicted molar refractivity (Wildman–Crippen MR) is 82.3 cm³/mol. The molecule has 2 rings (SSSR count). The molecule has 1 N–H and O–H groups in total. The van der Waals surface area contributed by atoms with Crippen molar-refractivity contribution < 1.29 is 14.6 Å². The van der Waals surface area contributed by atoms with E-state index in [1.165, 1.54) is 5.56 Å². The van der Waals surface area contributed by atoms with Crippen molar-refractivity contribution >= 4 is 5.91 Å². The molecular weight excluding hydrogens is 266 g/mol. The van der Waals surface area contributed by atoms with E-state index in [0.29, 0.717) is 25.4 Å². The lowest BCUT2D eigenvalue weighted by atomic mass is 10.0. The van der Waals surface area contributed by atoms with Crippen molar-refractivity contribution in [3.8, 4) is 5.75 Å². The van der Waals surface area contributed by atoms with Gasteiger partial charge in [-0.2, -0.15) is 0 Å². The summed E-state index contributed by atoms with van der Waals surface area (Å²) < 4.78 is 5.63. The van der Waals surface area contributed by atoms with E-state index in [-0.39, 0.29) is 18.6 Å².